The van der Waals surface area contributed by atoms with Gasteiger partial charge in [-0.1, -0.05) is 37.2 Å². The molecule has 0 saturated carbocycles. The van der Waals surface area contributed by atoms with Crippen molar-refractivity contribution in [3.05, 3.63) is 65.6 Å². The number of carbonyl (C=O) groups excluding carboxylic acids is 1. The molecule has 0 aliphatic carbocycles. The minimum absolute atomic E-state index is 0.0986. The lowest BCUT2D eigenvalue weighted by atomic mass is 10.0. The number of nitrogens with zero attached hydrogens (tertiary/aromatic N) is 3. The Morgan fingerprint density at radius 1 is 1.17 bits per heavy atom. The van der Waals surface area contributed by atoms with Crippen LogP contribution >= 0.6 is 0 Å². The Kier molecular flexibility index (Phi) is 4.50. The number of urea groups is 1. The lowest BCUT2D eigenvalue weighted by Crippen LogP contribution is -2.38. The van der Waals surface area contributed by atoms with Crippen molar-refractivity contribution >= 4 is 22.6 Å². The number of anilines is 1. The van der Waals surface area contributed by atoms with Crippen LogP contribution in [0.25, 0.3) is 22.4 Å². The molecule has 0 spiro atoms. The SMILES string of the molecule is CC(C)c1noc(-c2ccc(NC(=O)N3CCc4[nH]c5ccccc5c4C3)cc2)n1. The van der Waals surface area contributed by atoms with Crippen LogP contribution in [0.15, 0.2) is 53.1 Å². The summed E-state index contributed by atoms with van der Waals surface area (Å²) in [5.74, 6) is 1.38. The molecule has 7 heteroatoms. The van der Waals surface area contributed by atoms with Gasteiger partial charge in [0.15, 0.2) is 5.82 Å². The standard InChI is InChI=1S/C23H23N5O2/c1-14(2)21-26-22(30-27-21)15-7-9-16(10-8-15)24-23(29)28-12-11-20-18(13-28)17-5-3-4-6-19(17)25-20/h3-10,14,25H,11-13H2,1-2H3,(H,24,29). The smallest absolute Gasteiger partial charge is 0.322 e. The number of carbonyl (C=O) groups is 1. The predicted octanol–water partition coefficient (Wildman–Crippen LogP) is 4.93. The number of fused-ring (bicyclic) bond motifs is 3. The summed E-state index contributed by atoms with van der Waals surface area (Å²) in [6.45, 7) is 5.33. The van der Waals surface area contributed by atoms with Crippen molar-refractivity contribution in [2.45, 2.75) is 32.7 Å². The first-order chi connectivity index (χ1) is 14.6. The number of para-hydroxylation sites is 1. The van der Waals surface area contributed by atoms with Crippen LogP contribution in [0, 0.1) is 0 Å². The van der Waals surface area contributed by atoms with E-state index in [4.69, 9.17) is 4.52 Å². The predicted molar refractivity (Wildman–Crippen MR) is 115 cm³/mol. The second-order valence-electron chi connectivity index (χ2n) is 7.92. The first-order valence-electron chi connectivity index (χ1n) is 10.2. The summed E-state index contributed by atoms with van der Waals surface area (Å²) in [4.78, 5) is 22.6. The first-order valence-corrected chi connectivity index (χ1v) is 10.2. The number of hydrogen-bond acceptors (Lipinski definition) is 4. The van der Waals surface area contributed by atoms with Gasteiger partial charge in [0.1, 0.15) is 0 Å². The van der Waals surface area contributed by atoms with Gasteiger partial charge in [-0.2, -0.15) is 4.98 Å². The molecule has 0 atom stereocenters. The van der Waals surface area contributed by atoms with Crippen molar-refractivity contribution < 1.29 is 9.32 Å². The van der Waals surface area contributed by atoms with Crippen LogP contribution in [0.1, 0.15) is 36.8 Å². The van der Waals surface area contributed by atoms with Crippen molar-refractivity contribution in [1.82, 2.24) is 20.0 Å². The van der Waals surface area contributed by atoms with E-state index in [1.54, 1.807) is 0 Å². The van der Waals surface area contributed by atoms with E-state index in [2.05, 4.69) is 32.6 Å². The third kappa shape index (κ3) is 3.32. The van der Waals surface area contributed by atoms with E-state index >= 15 is 0 Å². The normalized spacial score (nSPS) is 13.6. The number of aromatic nitrogens is 3. The highest BCUT2D eigenvalue weighted by Gasteiger charge is 2.24. The molecule has 2 aromatic carbocycles. The molecule has 0 saturated heterocycles. The lowest BCUT2D eigenvalue weighted by Gasteiger charge is -2.27. The Morgan fingerprint density at radius 3 is 2.73 bits per heavy atom. The molecule has 152 valence electrons. The van der Waals surface area contributed by atoms with Crippen molar-refractivity contribution in [3.8, 4) is 11.5 Å². The molecular formula is C23H23N5O2. The van der Waals surface area contributed by atoms with E-state index in [1.165, 1.54) is 16.6 Å². The van der Waals surface area contributed by atoms with Gasteiger partial charge in [-0.25, -0.2) is 4.79 Å². The van der Waals surface area contributed by atoms with E-state index in [9.17, 15) is 4.79 Å². The minimum Gasteiger partial charge on any atom is -0.358 e. The largest absolute Gasteiger partial charge is 0.358 e. The summed E-state index contributed by atoms with van der Waals surface area (Å²) < 4.78 is 5.33. The number of hydrogen-bond donors (Lipinski definition) is 2. The molecule has 1 aliphatic heterocycles. The highest BCUT2D eigenvalue weighted by molar-refractivity contribution is 5.91. The zero-order valence-corrected chi connectivity index (χ0v) is 17.0. The Labute approximate surface area is 174 Å². The van der Waals surface area contributed by atoms with Gasteiger partial charge in [0.2, 0.25) is 0 Å². The average molecular weight is 401 g/mol. The molecule has 0 fully saturated rings. The number of nitrogens with one attached hydrogen (secondary N) is 2. The van der Waals surface area contributed by atoms with Crippen LogP contribution in [-0.4, -0.2) is 32.6 Å². The summed E-state index contributed by atoms with van der Waals surface area (Å²) >= 11 is 0. The third-order valence-electron chi connectivity index (χ3n) is 5.51. The molecule has 4 aromatic rings. The molecule has 7 nitrogen and oxygen atoms in total. The highest BCUT2D eigenvalue weighted by Crippen LogP contribution is 2.28. The van der Waals surface area contributed by atoms with Crippen LogP contribution in [0.2, 0.25) is 0 Å². The minimum atomic E-state index is -0.0986. The highest BCUT2D eigenvalue weighted by atomic mass is 16.5. The van der Waals surface area contributed by atoms with Crippen LogP contribution < -0.4 is 5.32 Å². The molecule has 5 rings (SSSR count). The van der Waals surface area contributed by atoms with Crippen molar-refractivity contribution in [2.24, 2.45) is 0 Å². The first kappa shape index (κ1) is 18.4. The molecule has 2 amide bonds. The van der Waals surface area contributed by atoms with Crippen molar-refractivity contribution in [2.75, 3.05) is 11.9 Å². The number of amides is 2. The maximum Gasteiger partial charge on any atom is 0.322 e. The summed E-state index contributed by atoms with van der Waals surface area (Å²) in [5.41, 5.74) is 5.12. The fourth-order valence-corrected chi connectivity index (χ4v) is 3.83. The number of benzene rings is 2. The van der Waals surface area contributed by atoms with Crippen LogP contribution in [0.3, 0.4) is 0 Å². The number of aromatic amines is 1. The van der Waals surface area contributed by atoms with Crippen LogP contribution in [0.5, 0.6) is 0 Å². The molecular weight excluding hydrogens is 378 g/mol. The summed E-state index contributed by atoms with van der Waals surface area (Å²) in [7, 11) is 0. The zero-order chi connectivity index (χ0) is 20.7. The Balaban J connectivity index is 1.28. The number of rotatable bonds is 3. The maximum atomic E-state index is 12.8. The second-order valence-corrected chi connectivity index (χ2v) is 7.92. The van der Waals surface area contributed by atoms with Crippen molar-refractivity contribution in [1.29, 1.82) is 0 Å². The van der Waals surface area contributed by atoms with Gasteiger partial charge in [-0.3, -0.25) is 0 Å². The molecule has 2 aromatic heterocycles. The van der Waals surface area contributed by atoms with E-state index < -0.39 is 0 Å². The fourth-order valence-electron chi connectivity index (χ4n) is 3.83. The second kappa shape index (κ2) is 7.33. The molecule has 1 aliphatic rings. The monoisotopic (exact) mass is 401 g/mol. The van der Waals surface area contributed by atoms with Gasteiger partial charge < -0.3 is 19.7 Å². The molecule has 3 heterocycles. The topological polar surface area (TPSA) is 87.0 Å². The molecule has 0 unspecified atom stereocenters. The lowest BCUT2D eigenvalue weighted by molar-refractivity contribution is 0.206. The summed E-state index contributed by atoms with van der Waals surface area (Å²) in [6.07, 6.45) is 0.825. The molecule has 2 N–H and O–H groups in total. The van der Waals surface area contributed by atoms with Gasteiger partial charge >= 0.3 is 6.03 Å². The fraction of sp³-hybridized carbons (Fsp3) is 0.261. The van der Waals surface area contributed by atoms with E-state index in [-0.39, 0.29) is 11.9 Å². The van der Waals surface area contributed by atoms with Crippen LogP contribution in [-0.2, 0) is 13.0 Å². The molecule has 30 heavy (non-hydrogen) atoms. The Morgan fingerprint density at radius 2 is 1.97 bits per heavy atom. The van der Waals surface area contributed by atoms with E-state index in [0.29, 0.717) is 24.8 Å². The van der Waals surface area contributed by atoms with Gasteiger partial charge in [0, 0.05) is 58.8 Å². The zero-order valence-electron chi connectivity index (χ0n) is 17.0. The van der Waals surface area contributed by atoms with Crippen LogP contribution in [0.4, 0.5) is 10.5 Å². The third-order valence-corrected chi connectivity index (χ3v) is 5.51. The van der Waals surface area contributed by atoms with Gasteiger partial charge in [0.25, 0.3) is 5.89 Å². The summed E-state index contributed by atoms with van der Waals surface area (Å²) in [5, 5.41) is 8.18. The number of H-pyrrole nitrogens is 1. The summed E-state index contributed by atoms with van der Waals surface area (Å²) in [6, 6.07) is 15.6. The van der Waals surface area contributed by atoms with E-state index in [0.717, 1.165) is 23.2 Å². The Bertz CT molecular complexity index is 1210. The van der Waals surface area contributed by atoms with Gasteiger partial charge in [0.05, 0.1) is 0 Å². The van der Waals surface area contributed by atoms with Crippen molar-refractivity contribution in [3.63, 3.8) is 0 Å². The van der Waals surface area contributed by atoms with Gasteiger partial charge in [-0.05, 0) is 30.3 Å². The quantitative estimate of drug-likeness (QED) is 0.509. The maximum absolute atomic E-state index is 12.8. The van der Waals surface area contributed by atoms with Gasteiger partial charge in [-0.15, -0.1) is 0 Å². The average Bonchev–Trinajstić information content (AvgIpc) is 3.39. The molecule has 0 radical (unpaired) electrons. The Hall–Kier alpha value is -3.61. The van der Waals surface area contributed by atoms with E-state index in [1.807, 2.05) is 55.1 Å². The molecule has 0 bridgehead atoms.